The Kier molecular flexibility index (Phi) is 4.07. The van der Waals surface area contributed by atoms with Crippen LogP contribution < -0.4 is 4.90 Å². The molecule has 0 amide bonds. The molecule has 0 N–H and O–H groups in total. The Bertz CT molecular complexity index is 676. The first kappa shape index (κ1) is 16.0. The Hall–Kier alpha value is -0.920. The summed E-state index contributed by atoms with van der Waals surface area (Å²) in [6.45, 7) is 4.00. The van der Waals surface area contributed by atoms with Gasteiger partial charge in [-0.3, -0.25) is 0 Å². The molecule has 1 aromatic heterocycles. The summed E-state index contributed by atoms with van der Waals surface area (Å²) < 4.78 is 29.1. The van der Waals surface area contributed by atoms with E-state index < -0.39 is 14.6 Å². The fourth-order valence-electron chi connectivity index (χ4n) is 3.17. The van der Waals surface area contributed by atoms with Crippen molar-refractivity contribution in [3.63, 3.8) is 0 Å². The van der Waals surface area contributed by atoms with Crippen molar-refractivity contribution in [1.82, 2.24) is 9.97 Å². The molecule has 1 atom stereocenters. The number of hydrogen-bond donors (Lipinski definition) is 0. The summed E-state index contributed by atoms with van der Waals surface area (Å²) in [5.41, 5.74) is 0.523. The summed E-state index contributed by atoms with van der Waals surface area (Å²) in [4.78, 5) is 10.6. The predicted molar refractivity (Wildman–Crippen MR) is 85.0 cm³/mol. The van der Waals surface area contributed by atoms with Gasteiger partial charge in [-0.25, -0.2) is 18.4 Å². The molecule has 2 aliphatic rings. The topological polar surface area (TPSA) is 72.4 Å². The molecular weight excluding hydrogens is 326 g/mol. The molecule has 0 spiro atoms. The van der Waals surface area contributed by atoms with E-state index in [1.54, 1.807) is 6.07 Å². The summed E-state index contributed by atoms with van der Waals surface area (Å²) in [5, 5.41) is 0.0983. The van der Waals surface area contributed by atoms with Crippen molar-refractivity contribution in [1.29, 1.82) is 0 Å². The molecule has 2 fully saturated rings. The van der Waals surface area contributed by atoms with Crippen molar-refractivity contribution in [2.75, 3.05) is 30.9 Å². The van der Waals surface area contributed by atoms with Crippen LogP contribution in [-0.2, 0) is 19.3 Å². The monoisotopic (exact) mass is 345 g/mol. The van der Waals surface area contributed by atoms with Crippen molar-refractivity contribution < 1.29 is 13.2 Å². The van der Waals surface area contributed by atoms with Gasteiger partial charge in [-0.15, -0.1) is 0 Å². The third-order valence-electron chi connectivity index (χ3n) is 4.69. The van der Waals surface area contributed by atoms with E-state index in [4.69, 9.17) is 16.3 Å². The first-order chi connectivity index (χ1) is 10.3. The standard InChI is InChI=1S/C14H20ClN3O3S/c1-10-9-21-7-6-18(10)12-8-11(16-13(15)17-12)14(4-3-5-14)22(2,19)20/h8,10H,3-7,9H2,1-2H3. The average Bonchev–Trinajstić information content (AvgIpc) is 2.35. The highest BCUT2D eigenvalue weighted by Gasteiger charge is 2.49. The number of rotatable bonds is 3. The molecule has 1 aliphatic heterocycles. The fourth-order valence-corrected chi connectivity index (χ4v) is 4.86. The van der Waals surface area contributed by atoms with Gasteiger partial charge in [0.1, 0.15) is 10.6 Å². The van der Waals surface area contributed by atoms with Crippen molar-refractivity contribution in [2.24, 2.45) is 0 Å². The summed E-state index contributed by atoms with van der Waals surface area (Å²) in [7, 11) is -3.25. The fraction of sp³-hybridized carbons (Fsp3) is 0.714. The molecule has 122 valence electrons. The first-order valence-corrected chi connectivity index (χ1v) is 9.69. The third-order valence-corrected chi connectivity index (χ3v) is 6.89. The lowest BCUT2D eigenvalue weighted by atomic mass is 9.81. The first-order valence-electron chi connectivity index (χ1n) is 7.42. The zero-order valence-electron chi connectivity index (χ0n) is 12.7. The van der Waals surface area contributed by atoms with Gasteiger partial charge in [0.05, 0.1) is 24.9 Å². The lowest BCUT2D eigenvalue weighted by molar-refractivity contribution is 0.0985. The Labute approximate surface area is 135 Å². The van der Waals surface area contributed by atoms with Gasteiger partial charge in [-0.05, 0) is 37.8 Å². The molecule has 1 aliphatic carbocycles. The number of ether oxygens (including phenoxy) is 1. The van der Waals surface area contributed by atoms with Gasteiger partial charge in [0, 0.05) is 18.9 Å². The van der Waals surface area contributed by atoms with Crippen LogP contribution in [0.3, 0.4) is 0 Å². The van der Waals surface area contributed by atoms with Crippen LogP contribution in [0.2, 0.25) is 5.28 Å². The van der Waals surface area contributed by atoms with Gasteiger partial charge < -0.3 is 9.64 Å². The molecule has 1 aromatic rings. The SMILES string of the molecule is CC1COCCN1c1cc(C2(S(C)(=O)=O)CCC2)nc(Cl)n1. The maximum Gasteiger partial charge on any atom is 0.224 e. The minimum Gasteiger partial charge on any atom is -0.377 e. The maximum atomic E-state index is 12.3. The van der Waals surface area contributed by atoms with Crippen molar-refractivity contribution in [3.8, 4) is 0 Å². The molecule has 0 radical (unpaired) electrons. The highest BCUT2D eigenvalue weighted by Crippen LogP contribution is 2.47. The Morgan fingerprint density at radius 1 is 1.41 bits per heavy atom. The van der Waals surface area contributed by atoms with E-state index in [0.717, 1.165) is 6.42 Å². The number of anilines is 1. The van der Waals surface area contributed by atoms with E-state index in [1.165, 1.54) is 6.26 Å². The minimum atomic E-state index is -3.25. The molecule has 6 nitrogen and oxygen atoms in total. The molecule has 1 unspecified atom stereocenters. The highest BCUT2D eigenvalue weighted by molar-refractivity contribution is 7.91. The zero-order valence-corrected chi connectivity index (χ0v) is 14.3. The second-order valence-electron chi connectivity index (χ2n) is 6.12. The number of hydrogen-bond acceptors (Lipinski definition) is 6. The average molecular weight is 346 g/mol. The van der Waals surface area contributed by atoms with Gasteiger partial charge in [-0.2, -0.15) is 0 Å². The lowest BCUT2D eigenvalue weighted by Crippen LogP contribution is -2.45. The van der Waals surface area contributed by atoms with Crippen LogP contribution in [0.5, 0.6) is 0 Å². The van der Waals surface area contributed by atoms with Crippen LogP contribution in [-0.4, -0.2) is 50.4 Å². The van der Waals surface area contributed by atoms with E-state index >= 15 is 0 Å². The largest absolute Gasteiger partial charge is 0.377 e. The Morgan fingerprint density at radius 3 is 2.68 bits per heavy atom. The molecule has 22 heavy (non-hydrogen) atoms. The maximum absolute atomic E-state index is 12.3. The molecule has 1 saturated carbocycles. The summed E-state index contributed by atoms with van der Waals surface area (Å²) in [5.74, 6) is 0.681. The van der Waals surface area contributed by atoms with Gasteiger partial charge in [-0.1, -0.05) is 0 Å². The van der Waals surface area contributed by atoms with Crippen molar-refractivity contribution >= 4 is 27.3 Å². The number of nitrogens with zero attached hydrogens (tertiary/aromatic N) is 3. The predicted octanol–water partition coefficient (Wildman–Crippen LogP) is 1.78. The molecule has 2 heterocycles. The molecule has 1 saturated heterocycles. The van der Waals surface area contributed by atoms with Crippen LogP contribution in [0.15, 0.2) is 6.07 Å². The van der Waals surface area contributed by atoms with E-state index in [9.17, 15) is 8.42 Å². The summed E-state index contributed by atoms with van der Waals surface area (Å²) in [6, 6.07) is 1.96. The van der Waals surface area contributed by atoms with E-state index in [1.807, 2.05) is 6.92 Å². The number of morpholine rings is 1. The minimum absolute atomic E-state index is 0.0983. The summed E-state index contributed by atoms with van der Waals surface area (Å²) >= 11 is 6.08. The lowest BCUT2D eigenvalue weighted by Gasteiger charge is -2.40. The molecule has 0 bridgehead atoms. The van der Waals surface area contributed by atoms with E-state index in [-0.39, 0.29) is 11.3 Å². The number of halogens is 1. The molecule has 3 rings (SSSR count). The van der Waals surface area contributed by atoms with Gasteiger partial charge >= 0.3 is 0 Å². The van der Waals surface area contributed by atoms with Crippen LogP contribution in [0.4, 0.5) is 5.82 Å². The molecule has 0 aromatic carbocycles. The van der Waals surface area contributed by atoms with E-state index in [0.29, 0.717) is 44.1 Å². The van der Waals surface area contributed by atoms with Crippen LogP contribution in [0, 0.1) is 0 Å². The van der Waals surface area contributed by atoms with Crippen molar-refractivity contribution in [3.05, 3.63) is 17.0 Å². The molecule has 8 heteroatoms. The van der Waals surface area contributed by atoms with Crippen molar-refractivity contribution in [2.45, 2.75) is 37.0 Å². The third kappa shape index (κ3) is 2.59. The Balaban J connectivity index is 2.03. The second-order valence-corrected chi connectivity index (χ2v) is 8.78. The quantitative estimate of drug-likeness (QED) is 0.777. The zero-order chi connectivity index (χ0) is 16.0. The second kappa shape index (κ2) is 5.62. The molecular formula is C14H20ClN3O3S. The number of sulfone groups is 1. The van der Waals surface area contributed by atoms with Gasteiger partial charge in [0.15, 0.2) is 9.84 Å². The normalized spacial score (nSPS) is 24.9. The van der Waals surface area contributed by atoms with Crippen LogP contribution in [0.1, 0.15) is 31.9 Å². The summed E-state index contributed by atoms with van der Waals surface area (Å²) in [6.07, 6.45) is 3.35. The van der Waals surface area contributed by atoms with Gasteiger partial charge in [0.25, 0.3) is 0 Å². The Morgan fingerprint density at radius 2 is 2.14 bits per heavy atom. The van der Waals surface area contributed by atoms with Gasteiger partial charge in [0.2, 0.25) is 5.28 Å². The van der Waals surface area contributed by atoms with Crippen LogP contribution in [0.25, 0.3) is 0 Å². The van der Waals surface area contributed by atoms with E-state index in [2.05, 4.69) is 14.9 Å². The number of aromatic nitrogens is 2. The highest BCUT2D eigenvalue weighted by atomic mass is 35.5. The smallest absolute Gasteiger partial charge is 0.224 e. The van der Waals surface area contributed by atoms with Crippen LogP contribution >= 0.6 is 11.6 Å².